The molecule has 0 aromatic carbocycles. The van der Waals surface area contributed by atoms with E-state index in [1.807, 2.05) is 36.3 Å². The Labute approximate surface area is 95.4 Å². The van der Waals surface area contributed by atoms with Gasteiger partial charge in [-0.1, -0.05) is 6.07 Å². The van der Waals surface area contributed by atoms with Crippen molar-refractivity contribution >= 4 is 5.82 Å². The zero-order valence-corrected chi connectivity index (χ0v) is 9.59. The predicted octanol–water partition coefficient (Wildman–Crippen LogP) is 2.09. The Kier molecular flexibility index (Phi) is 3.19. The van der Waals surface area contributed by atoms with Crippen LogP contribution in [0.4, 0.5) is 5.82 Å². The van der Waals surface area contributed by atoms with E-state index in [0.717, 1.165) is 12.4 Å². The SMILES string of the molecule is Cc1ccc(NC(C)Cn2ccnc2)nc1. The number of pyridine rings is 1. The number of rotatable bonds is 4. The third kappa shape index (κ3) is 2.82. The molecule has 0 radical (unpaired) electrons. The molecule has 0 bridgehead atoms. The molecule has 2 heterocycles. The summed E-state index contributed by atoms with van der Waals surface area (Å²) in [5, 5.41) is 3.35. The van der Waals surface area contributed by atoms with E-state index in [0.29, 0.717) is 6.04 Å². The average Bonchev–Trinajstić information content (AvgIpc) is 2.74. The monoisotopic (exact) mass is 216 g/mol. The van der Waals surface area contributed by atoms with E-state index in [-0.39, 0.29) is 0 Å². The molecule has 16 heavy (non-hydrogen) atoms. The van der Waals surface area contributed by atoms with E-state index in [4.69, 9.17) is 0 Å². The molecule has 0 saturated heterocycles. The van der Waals surface area contributed by atoms with Gasteiger partial charge in [0.15, 0.2) is 0 Å². The Morgan fingerprint density at radius 3 is 2.94 bits per heavy atom. The van der Waals surface area contributed by atoms with Crippen LogP contribution in [0.5, 0.6) is 0 Å². The molecule has 4 nitrogen and oxygen atoms in total. The van der Waals surface area contributed by atoms with E-state index in [1.165, 1.54) is 5.56 Å². The first-order valence-electron chi connectivity index (χ1n) is 5.39. The van der Waals surface area contributed by atoms with Crippen LogP contribution in [0.15, 0.2) is 37.1 Å². The third-order valence-electron chi connectivity index (χ3n) is 2.35. The molecule has 1 N–H and O–H groups in total. The number of anilines is 1. The van der Waals surface area contributed by atoms with Crippen LogP contribution in [0, 0.1) is 6.92 Å². The quantitative estimate of drug-likeness (QED) is 0.851. The van der Waals surface area contributed by atoms with Crippen LogP contribution in [0.1, 0.15) is 12.5 Å². The Morgan fingerprint density at radius 2 is 2.31 bits per heavy atom. The number of nitrogens with one attached hydrogen (secondary N) is 1. The van der Waals surface area contributed by atoms with Crippen LogP contribution in [0.2, 0.25) is 0 Å². The van der Waals surface area contributed by atoms with Crippen molar-refractivity contribution in [1.29, 1.82) is 0 Å². The summed E-state index contributed by atoms with van der Waals surface area (Å²) < 4.78 is 2.05. The van der Waals surface area contributed by atoms with Crippen LogP contribution in [-0.4, -0.2) is 20.6 Å². The average molecular weight is 216 g/mol. The summed E-state index contributed by atoms with van der Waals surface area (Å²) in [5.74, 6) is 0.915. The van der Waals surface area contributed by atoms with Gasteiger partial charge in [0.05, 0.1) is 6.33 Å². The summed E-state index contributed by atoms with van der Waals surface area (Å²) in [6.07, 6.45) is 7.44. The van der Waals surface area contributed by atoms with Crippen molar-refractivity contribution in [3.63, 3.8) is 0 Å². The lowest BCUT2D eigenvalue weighted by molar-refractivity contribution is 0.617. The number of hydrogen-bond donors (Lipinski definition) is 1. The van der Waals surface area contributed by atoms with Gasteiger partial charge in [-0.25, -0.2) is 9.97 Å². The molecular weight excluding hydrogens is 200 g/mol. The first-order chi connectivity index (χ1) is 7.74. The van der Waals surface area contributed by atoms with Gasteiger partial charge in [-0.15, -0.1) is 0 Å². The van der Waals surface area contributed by atoms with Gasteiger partial charge >= 0.3 is 0 Å². The van der Waals surface area contributed by atoms with Crippen LogP contribution >= 0.6 is 0 Å². The molecule has 0 saturated carbocycles. The largest absolute Gasteiger partial charge is 0.366 e. The Bertz CT molecular complexity index is 419. The molecule has 0 amide bonds. The minimum absolute atomic E-state index is 0.324. The van der Waals surface area contributed by atoms with E-state index in [2.05, 4.69) is 28.3 Å². The molecule has 0 aliphatic heterocycles. The van der Waals surface area contributed by atoms with E-state index in [1.54, 1.807) is 6.20 Å². The number of imidazole rings is 1. The maximum absolute atomic E-state index is 4.31. The molecule has 0 aliphatic carbocycles. The van der Waals surface area contributed by atoms with E-state index >= 15 is 0 Å². The highest BCUT2D eigenvalue weighted by Gasteiger charge is 2.03. The van der Waals surface area contributed by atoms with Crippen LogP contribution in [0.25, 0.3) is 0 Å². The fourth-order valence-electron chi connectivity index (χ4n) is 1.56. The van der Waals surface area contributed by atoms with Crippen molar-refractivity contribution in [3.8, 4) is 0 Å². The van der Waals surface area contributed by atoms with Crippen LogP contribution in [-0.2, 0) is 6.54 Å². The summed E-state index contributed by atoms with van der Waals surface area (Å²) in [6, 6.07) is 4.38. The minimum atomic E-state index is 0.324. The lowest BCUT2D eigenvalue weighted by Gasteiger charge is -2.14. The van der Waals surface area contributed by atoms with Gasteiger partial charge in [0.25, 0.3) is 0 Å². The lowest BCUT2D eigenvalue weighted by atomic mass is 10.3. The maximum atomic E-state index is 4.31. The molecule has 4 heteroatoms. The summed E-state index contributed by atoms with van der Waals surface area (Å²) in [4.78, 5) is 8.32. The first kappa shape index (κ1) is 10.7. The molecule has 1 unspecified atom stereocenters. The summed E-state index contributed by atoms with van der Waals surface area (Å²) in [7, 11) is 0. The number of aryl methyl sites for hydroxylation is 1. The molecule has 84 valence electrons. The standard InChI is InChI=1S/C12H16N4/c1-10-3-4-12(14-7-10)15-11(2)8-16-6-5-13-9-16/h3-7,9,11H,8H2,1-2H3,(H,14,15). The van der Waals surface area contributed by atoms with Gasteiger partial charge in [0, 0.05) is 31.2 Å². The molecule has 0 spiro atoms. The van der Waals surface area contributed by atoms with Gasteiger partial charge < -0.3 is 9.88 Å². The number of aromatic nitrogens is 3. The van der Waals surface area contributed by atoms with Gasteiger partial charge in [-0.3, -0.25) is 0 Å². The highest BCUT2D eigenvalue weighted by Crippen LogP contribution is 2.06. The normalized spacial score (nSPS) is 12.4. The van der Waals surface area contributed by atoms with Crippen molar-refractivity contribution in [2.24, 2.45) is 0 Å². The predicted molar refractivity (Wildman–Crippen MR) is 64.3 cm³/mol. The molecule has 1 atom stereocenters. The molecule has 2 rings (SSSR count). The van der Waals surface area contributed by atoms with Crippen LogP contribution < -0.4 is 5.32 Å². The summed E-state index contributed by atoms with van der Waals surface area (Å²) >= 11 is 0. The third-order valence-corrected chi connectivity index (χ3v) is 2.35. The second-order valence-electron chi connectivity index (χ2n) is 4.03. The fraction of sp³-hybridized carbons (Fsp3) is 0.333. The van der Waals surface area contributed by atoms with Gasteiger partial charge in [-0.2, -0.15) is 0 Å². The highest BCUT2D eigenvalue weighted by atomic mass is 15.1. The second-order valence-corrected chi connectivity index (χ2v) is 4.03. The molecule has 2 aromatic rings. The van der Waals surface area contributed by atoms with Gasteiger partial charge in [0.1, 0.15) is 5.82 Å². The van der Waals surface area contributed by atoms with Crippen molar-refractivity contribution in [2.45, 2.75) is 26.4 Å². The number of hydrogen-bond acceptors (Lipinski definition) is 3. The van der Waals surface area contributed by atoms with Crippen molar-refractivity contribution < 1.29 is 0 Å². The van der Waals surface area contributed by atoms with E-state index in [9.17, 15) is 0 Å². The zero-order chi connectivity index (χ0) is 11.4. The molecule has 0 aliphatic rings. The topological polar surface area (TPSA) is 42.7 Å². The van der Waals surface area contributed by atoms with Gasteiger partial charge in [0.2, 0.25) is 0 Å². The summed E-state index contributed by atoms with van der Waals surface area (Å²) in [5.41, 5.74) is 1.17. The van der Waals surface area contributed by atoms with Crippen molar-refractivity contribution in [1.82, 2.24) is 14.5 Å². The van der Waals surface area contributed by atoms with Crippen molar-refractivity contribution in [3.05, 3.63) is 42.6 Å². The summed E-state index contributed by atoms with van der Waals surface area (Å²) in [6.45, 7) is 5.04. The zero-order valence-electron chi connectivity index (χ0n) is 9.59. The minimum Gasteiger partial charge on any atom is -0.366 e. The lowest BCUT2D eigenvalue weighted by Crippen LogP contribution is -2.21. The molecular formula is C12H16N4. The Hall–Kier alpha value is -1.84. The fourth-order valence-corrected chi connectivity index (χ4v) is 1.56. The van der Waals surface area contributed by atoms with Gasteiger partial charge in [-0.05, 0) is 25.5 Å². The smallest absolute Gasteiger partial charge is 0.126 e. The molecule has 2 aromatic heterocycles. The maximum Gasteiger partial charge on any atom is 0.126 e. The Morgan fingerprint density at radius 1 is 1.44 bits per heavy atom. The number of nitrogens with zero attached hydrogens (tertiary/aromatic N) is 3. The molecule has 0 fully saturated rings. The Balaban J connectivity index is 1.92. The second kappa shape index (κ2) is 4.79. The highest BCUT2D eigenvalue weighted by molar-refractivity contribution is 5.36. The first-order valence-corrected chi connectivity index (χ1v) is 5.39. The van der Waals surface area contributed by atoms with Crippen molar-refractivity contribution in [2.75, 3.05) is 5.32 Å². The van der Waals surface area contributed by atoms with E-state index < -0.39 is 0 Å². The van der Waals surface area contributed by atoms with Crippen LogP contribution in [0.3, 0.4) is 0 Å².